The summed E-state index contributed by atoms with van der Waals surface area (Å²) in [6.07, 6.45) is 10.4. The first-order chi connectivity index (χ1) is 15.1. The van der Waals surface area contributed by atoms with Crippen molar-refractivity contribution in [2.75, 3.05) is 0 Å². The molecule has 5 rings (SSSR count). The van der Waals surface area contributed by atoms with Crippen molar-refractivity contribution >= 4 is 11.6 Å². The molecular weight excluding hydrogens is 412 g/mol. The molecule has 2 N–H and O–H groups in total. The van der Waals surface area contributed by atoms with Gasteiger partial charge in [0.05, 0.1) is 0 Å². The van der Waals surface area contributed by atoms with E-state index in [-0.39, 0.29) is 45.4 Å². The monoisotopic (exact) mass is 450 g/mol. The van der Waals surface area contributed by atoms with Crippen LogP contribution >= 0.6 is 0 Å². The maximum atomic E-state index is 13.0. The molecule has 33 heavy (non-hydrogen) atoms. The molecule has 0 aromatic heterocycles. The number of ketones is 2. The molecule has 0 aromatic carbocycles. The molecule has 0 saturated heterocycles. The molecule has 0 aliphatic heterocycles. The summed E-state index contributed by atoms with van der Waals surface area (Å²) in [7, 11) is 0. The number of carbonyl (C=O) groups is 2. The highest BCUT2D eigenvalue weighted by Crippen LogP contribution is 2.75. The summed E-state index contributed by atoms with van der Waals surface area (Å²) in [5.74, 6) is -0.366. The number of fused-ring (bicyclic) bond motifs is 7. The van der Waals surface area contributed by atoms with Crippen LogP contribution in [0.3, 0.4) is 0 Å². The average molecular weight is 451 g/mol. The van der Waals surface area contributed by atoms with E-state index in [1.54, 1.807) is 13.0 Å². The highest BCUT2D eigenvalue weighted by atomic mass is 16.3. The Balaban J connectivity index is 1.67. The van der Waals surface area contributed by atoms with Crippen LogP contribution in [0.25, 0.3) is 0 Å². The van der Waals surface area contributed by atoms with E-state index in [2.05, 4.69) is 39.8 Å². The fourth-order valence-electron chi connectivity index (χ4n) is 8.80. The van der Waals surface area contributed by atoms with Crippen molar-refractivity contribution < 1.29 is 19.8 Å². The zero-order valence-corrected chi connectivity index (χ0v) is 21.1. The SMILES string of the molecule is CC1=C(O)C(=O)C=C2C1=CC=C1[C@@]2(C)CC[C@@]2(C)[C@@H]3C[C@@H](C)C(=O)[C@@](C)(O)[C@]3(C)CC[C@]12C. The minimum absolute atomic E-state index is 0.00787. The molecule has 0 amide bonds. The fraction of sp³-hybridized carbons (Fsp3) is 0.655. The first kappa shape index (κ1) is 22.8. The van der Waals surface area contributed by atoms with Crippen molar-refractivity contribution in [3.05, 3.63) is 46.3 Å². The van der Waals surface area contributed by atoms with E-state index >= 15 is 0 Å². The number of carbonyl (C=O) groups excluding carboxylic acids is 2. The van der Waals surface area contributed by atoms with Crippen molar-refractivity contribution in [3.63, 3.8) is 0 Å². The Hall–Kier alpha value is -1.94. The van der Waals surface area contributed by atoms with Gasteiger partial charge in [0.25, 0.3) is 0 Å². The van der Waals surface area contributed by atoms with Crippen LogP contribution in [0.15, 0.2) is 46.3 Å². The average Bonchev–Trinajstić information content (AvgIpc) is 2.75. The number of Topliss-reactive ketones (excluding diaryl/α,β-unsaturated/α-hetero) is 1. The Bertz CT molecular complexity index is 1120. The first-order valence-corrected chi connectivity index (χ1v) is 12.5. The number of hydrogen-bond donors (Lipinski definition) is 2. The standard InChI is InChI=1S/C29H38O4/c1-16-14-22-27(5)11-10-25(3)19-15-20(30)23(31)17(2)18(19)8-9-21(25)26(27,4)12-13-28(22,6)29(7,33)24(16)32/h8-9,15-16,22,31,33H,10-14H2,1-7H3/t16-,22+,25+,26-,27+,28-,29-/m1/s1. The molecule has 5 aliphatic carbocycles. The molecule has 4 heteroatoms. The van der Waals surface area contributed by atoms with E-state index in [1.807, 2.05) is 13.8 Å². The third-order valence-electron chi connectivity index (χ3n) is 11.5. The summed E-state index contributed by atoms with van der Waals surface area (Å²) >= 11 is 0. The minimum atomic E-state index is -1.31. The van der Waals surface area contributed by atoms with Crippen LogP contribution in [0.4, 0.5) is 0 Å². The minimum Gasteiger partial charge on any atom is -0.504 e. The van der Waals surface area contributed by atoms with Crippen LogP contribution in [-0.2, 0) is 9.59 Å². The lowest BCUT2D eigenvalue weighted by Gasteiger charge is -2.71. The second kappa shape index (κ2) is 6.38. The molecule has 5 aliphatic rings. The summed E-state index contributed by atoms with van der Waals surface area (Å²) in [5.41, 5.74) is 1.85. The number of allylic oxidation sites excluding steroid dienone is 7. The van der Waals surface area contributed by atoms with Gasteiger partial charge in [-0.15, -0.1) is 0 Å². The number of aliphatic hydroxyl groups is 2. The van der Waals surface area contributed by atoms with Gasteiger partial charge in [0, 0.05) is 22.3 Å². The van der Waals surface area contributed by atoms with Gasteiger partial charge >= 0.3 is 0 Å². The van der Waals surface area contributed by atoms with Gasteiger partial charge in [-0.05, 0) is 79.9 Å². The van der Waals surface area contributed by atoms with E-state index in [0.717, 1.165) is 43.3 Å². The molecule has 0 bridgehead atoms. The topological polar surface area (TPSA) is 74.6 Å². The van der Waals surface area contributed by atoms with Crippen LogP contribution in [0.2, 0.25) is 0 Å². The van der Waals surface area contributed by atoms with Crippen molar-refractivity contribution in [2.24, 2.45) is 33.5 Å². The predicted molar refractivity (Wildman–Crippen MR) is 128 cm³/mol. The Morgan fingerprint density at radius 1 is 0.939 bits per heavy atom. The van der Waals surface area contributed by atoms with Crippen LogP contribution in [0.1, 0.15) is 80.6 Å². The van der Waals surface area contributed by atoms with Crippen LogP contribution < -0.4 is 0 Å². The highest BCUT2D eigenvalue weighted by molar-refractivity contribution is 6.06. The predicted octanol–water partition coefficient (Wildman–Crippen LogP) is 5.78. The van der Waals surface area contributed by atoms with Crippen LogP contribution in [-0.4, -0.2) is 27.4 Å². The van der Waals surface area contributed by atoms with Gasteiger partial charge in [0.15, 0.2) is 11.5 Å². The lowest BCUT2D eigenvalue weighted by atomic mass is 9.33. The van der Waals surface area contributed by atoms with Crippen molar-refractivity contribution in [2.45, 2.75) is 86.2 Å². The van der Waals surface area contributed by atoms with E-state index < -0.39 is 11.0 Å². The van der Waals surface area contributed by atoms with Crippen LogP contribution in [0.5, 0.6) is 0 Å². The van der Waals surface area contributed by atoms with Gasteiger partial charge < -0.3 is 10.2 Å². The third-order valence-corrected chi connectivity index (χ3v) is 11.5. The Kier molecular flexibility index (Phi) is 4.42. The summed E-state index contributed by atoms with van der Waals surface area (Å²) in [4.78, 5) is 25.6. The molecule has 3 saturated carbocycles. The third kappa shape index (κ3) is 2.41. The lowest BCUT2D eigenvalue weighted by Crippen LogP contribution is -2.69. The normalized spacial score (nSPS) is 49.3. The Morgan fingerprint density at radius 3 is 2.24 bits per heavy atom. The zero-order chi connectivity index (χ0) is 24.4. The quantitative estimate of drug-likeness (QED) is 0.490. The number of aliphatic hydroxyl groups excluding tert-OH is 1. The largest absolute Gasteiger partial charge is 0.504 e. The van der Waals surface area contributed by atoms with E-state index in [1.165, 1.54) is 5.57 Å². The van der Waals surface area contributed by atoms with Crippen molar-refractivity contribution in [3.8, 4) is 0 Å². The smallest absolute Gasteiger partial charge is 0.220 e. The van der Waals surface area contributed by atoms with Gasteiger partial charge in [-0.3, -0.25) is 9.59 Å². The van der Waals surface area contributed by atoms with Crippen LogP contribution in [0, 0.1) is 33.5 Å². The maximum Gasteiger partial charge on any atom is 0.220 e. The fourth-order valence-corrected chi connectivity index (χ4v) is 8.80. The van der Waals surface area contributed by atoms with Crippen molar-refractivity contribution in [1.82, 2.24) is 0 Å². The second-order valence-corrected chi connectivity index (χ2v) is 12.7. The van der Waals surface area contributed by atoms with E-state index in [4.69, 9.17) is 0 Å². The highest BCUT2D eigenvalue weighted by Gasteiger charge is 2.70. The first-order valence-electron chi connectivity index (χ1n) is 12.5. The molecule has 0 aromatic rings. The lowest BCUT2D eigenvalue weighted by molar-refractivity contribution is -0.219. The molecule has 0 unspecified atom stereocenters. The molecule has 178 valence electrons. The molecule has 7 atom stereocenters. The summed E-state index contributed by atoms with van der Waals surface area (Å²) in [6, 6.07) is 0. The summed E-state index contributed by atoms with van der Waals surface area (Å²) < 4.78 is 0. The van der Waals surface area contributed by atoms with Gasteiger partial charge in [0.2, 0.25) is 5.78 Å². The second-order valence-electron chi connectivity index (χ2n) is 12.7. The molecular formula is C29H38O4. The summed E-state index contributed by atoms with van der Waals surface area (Å²) in [6.45, 7) is 14.8. The Morgan fingerprint density at radius 2 is 1.58 bits per heavy atom. The van der Waals surface area contributed by atoms with E-state index in [9.17, 15) is 19.8 Å². The summed E-state index contributed by atoms with van der Waals surface area (Å²) in [5, 5.41) is 21.8. The Labute approximate surface area is 197 Å². The van der Waals surface area contributed by atoms with E-state index in [0.29, 0.717) is 5.57 Å². The number of rotatable bonds is 0. The maximum absolute atomic E-state index is 13.0. The van der Waals surface area contributed by atoms with Gasteiger partial charge in [0.1, 0.15) is 5.60 Å². The van der Waals surface area contributed by atoms with Gasteiger partial charge in [-0.25, -0.2) is 0 Å². The molecule has 0 radical (unpaired) electrons. The zero-order valence-electron chi connectivity index (χ0n) is 21.1. The number of hydrogen-bond acceptors (Lipinski definition) is 4. The molecule has 3 fully saturated rings. The van der Waals surface area contributed by atoms with Gasteiger partial charge in [-0.2, -0.15) is 0 Å². The molecule has 0 spiro atoms. The molecule has 4 nitrogen and oxygen atoms in total. The molecule has 0 heterocycles. The van der Waals surface area contributed by atoms with Crippen molar-refractivity contribution in [1.29, 1.82) is 0 Å². The van der Waals surface area contributed by atoms with Gasteiger partial charge in [-0.1, -0.05) is 52.3 Å².